The van der Waals surface area contributed by atoms with Crippen LogP contribution in [0.1, 0.15) is 5.56 Å². The van der Waals surface area contributed by atoms with Crippen LogP contribution in [0, 0.1) is 5.82 Å². The van der Waals surface area contributed by atoms with E-state index in [-0.39, 0.29) is 5.82 Å². The van der Waals surface area contributed by atoms with E-state index in [4.69, 9.17) is 0 Å². The maximum absolute atomic E-state index is 13.4. The summed E-state index contributed by atoms with van der Waals surface area (Å²) in [7, 11) is 0. The number of rotatable bonds is 1. The molecule has 0 aliphatic carbocycles. The van der Waals surface area contributed by atoms with Crippen molar-refractivity contribution in [1.82, 2.24) is 5.32 Å². The van der Waals surface area contributed by atoms with Gasteiger partial charge in [0.2, 0.25) is 0 Å². The molecule has 1 atom stereocenters. The number of hydrogen-bond donors (Lipinski definition) is 1. The van der Waals surface area contributed by atoms with Crippen LogP contribution in [-0.2, 0) is 0 Å². The Morgan fingerprint density at radius 1 is 1.21 bits per heavy atom. The smallest absolute Gasteiger partial charge is 0.138 e. The van der Waals surface area contributed by atoms with Crippen molar-refractivity contribution in [3.63, 3.8) is 0 Å². The van der Waals surface area contributed by atoms with Gasteiger partial charge in [-0.15, -0.1) is 0 Å². The molecule has 14 heavy (non-hydrogen) atoms. The van der Waals surface area contributed by atoms with Crippen LogP contribution >= 0.6 is 0 Å². The minimum atomic E-state index is -0.991. The molecule has 1 aliphatic heterocycles. The zero-order valence-electron chi connectivity index (χ0n) is 7.63. The van der Waals surface area contributed by atoms with Crippen molar-refractivity contribution in [1.29, 1.82) is 0 Å². The Hall–Kier alpha value is -1.22. The van der Waals surface area contributed by atoms with E-state index in [2.05, 4.69) is 5.32 Å². The van der Waals surface area contributed by atoms with Crippen molar-refractivity contribution in [2.75, 3.05) is 13.1 Å². The largest absolute Gasteiger partial charge is 0.310 e. The average Bonchev–Trinajstić information content (AvgIpc) is 2.20. The summed E-state index contributed by atoms with van der Waals surface area (Å²) < 4.78 is 26.0. The second-order valence-electron chi connectivity index (χ2n) is 3.29. The first kappa shape index (κ1) is 9.34. The van der Waals surface area contributed by atoms with Gasteiger partial charge < -0.3 is 5.32 Å². The second-order valence-corrected chi connectivity index (χ2v) is 3.29. The third kappa shape index (κ3) is 1.82. The highest BCUT2D eigenvalue weighted by atomic mass is 19.1. The molecular formula is C11H11F2N. The molecule has 0 fully saturated rings. The number of benzene rings is 1. The van der Waals surface area contributed by atoms with Gasteiger partial charge in [0.15, 0.2) is 0 Å². The Balaban J connectivity index is 2.29. The summed E-state index contributed by atoms with van der Waals surface area (Å²) in [4.78, 5) is 0. The molecule has 0 bridgehead atoms. The van der Waals surface area contributed by atoms with Crippen molar-refractivity contribution < 1.29 is 8.78 Å². The Morgan fingerprint density at radius 3 is 2.57 bits per heavy atom. The normalized spacial score (nSPS) is 21.9. The van der Waals surface area contributed by atoms with Gasteiger partial charge in [0.25, 0.3) is 0 Å². The van der Waals surface area contributed by atoms with E-state index in [0.717, 1.165) is 5.56 Å². The Morgan fingerprint density at radius 2 is 1.93 bits per heavy atom. The molecule has 1 aliphatic rings. The first-order chi connectivity index (χ1) is 6.77. The van der Waals surface area contributed by atoms with Gasteiger partial charge in [-0.05, 0) is 23.3 Å². The van der Waals surface area contributed by atoms with Crippen molar-refractivity contribution in [2.24, 2.45) is 0 Å². The molecule has 74 valence electrons. The Kier molecular flexibility index (Phi) is 2.59. The third-order valence-corrected chi connectivity index (χ3v) is 2.30. The minimum absolute atomic E-state index is 0.293. The molecule has 1 nitrogen and oxygen atoms in total. The van der Waals surface area contributed by atoms with E-state index >= 15 is 0 Å². The van der Waals surface area contributed by atoms with E-state index in [1.165, 1.54) is 12.1 Å². The van der Waals surface area contributed by atoms with Crippen LogP contribution in [0.5, 0.6) is 0 Å². The number of alkyl halides is 1. The molecule has 1 unspecified atom stereocenters. The van der Waals surface area contributed by atoms with Gasteiger partial charge in [-0.1, -0.05) is 18.2 Å². The van der Waals surface area contributed by atoms with Crippen LogP contribution < -0.4 is 5.32 Å². The van der Waals surface area contributed by atoms with E-state index < -0.39 is 6.17 Å². The van der Waals surface area contributed by atoms with Crippen molar-refractivity contribution in [3.05, 3.63) is 41.7 Å². The summed E-state index contributed by atoms with van der Waals surface area (Å²) in [6, 6.07) is 5.92. The zero-order chi connectivity index (χ0) is 9.97. The van der Waals surface area contributed by atoms with Crippen LogP contribution in [-0.4, -0.2) is 19.3 Å². The van der Waals surface area contributed by atoms with Crippen LogP contribution in [0.2, 0.25) is 0 Å². The molecule has 1 aromatic rings. The Labute approximate surface area is 81.4 Å². The van der Waals surface area contributed by atoms with Crippen LogP contribution in [0.25, 0.3) is 5.57 Å². The lowest BCUT2D eigenvalue weighted by Gasteiger charge is -2.18. The summed E-state index contributed by atoms with van der Waals surface area (Å²) >= 11 is 0. The molecule has 2 rings (SSSR count). The van der Waals surface area contributed by atoms with Crippen molar-refractivity contribution >= 4 is 5.57 Å². The lowest BCUT2D eigenvalue weighted by molar-refractivity contribution is 0.387. The van der Waals surface area contributed by atoms with Crippen molar-refractivity contribution in [3.8, 4) is 0 Å². The van der Waals surface area contributed by atoms with Crippen LogP contribution in [0.15, 0.2) is 30.3 Å². The van der Waals surface area contributed by atoms with Crippen LogP contribution in [0.4, 0.5) is 8.78 Å². The third-order valence-electron chi connectivity index (χ3n) is 2.30. The zero-order valence-corrected chi connectivity index (χ0v) is 7.63. The topological polar surface area (TPSA) is 12.0 Å². The van der Waals surface area contributed by atoms with Gasteiger partial charge in [0.05, 0.1) is 0 Å². The monoisotopic (exact) mass is 195 g/mol. The predicted molar refractivity (Wildman–Crippen MR) is 52.1 cm³/mol. The summed E-state index contributed by atoms with van der Waals surface area (Å²) in [6.07, 6.45) is 0.815. The fourth-order valence-electron chi connectivity index (χ4n) is 1.57. The molecule has 0 amide bonds. The number of hydrogen-bond acceptors (Lipinski definition) is 1. The number of nitrogens with one attached hydrogen (secondary N) is 1. The van der Waals surface area contributed by atoms with Crippen LogP contribution in [0.3, 0.4) is 0 Å². The SMILES string of the molecule is Fc1ccc(C2=CCNCC2F)cc1. The van der Waals surface area contributed by atoms with E-state index in [9.17, 15) is 8.78 Å². The molecule has 3 heteroatoms. The highest BCUT2D eigenvalue weighted by Gasteiger charge is 2.17. The molecule has 0 spiro atoms. The molecule has 1 aromatic carbocycles. The fourth-order valence-corrected chi connectivity index (χ4v) is 1.57. The quantitative estimate of drug-likeness (QED) is 0.724. The first-order valence-corrected chi connectivity index (χ1v) is 4.58. The predicted octanol–water partition coefficient (Wildman–Crippen LogP) is 2.15. The Bertz CT molecular complexity index is 343. The average molecular weight is 195 g/mol. The maximum Gasteiger partial charge on any atom is 0.138 e. The molecule has 0 aromatic heterocycles. The second kappa shape index (κ2) is 3.88. The van der Waals surface area contributed by atoms with Gasteiger partial charge in [0.1, 0.15) is 12.0 Å². The summed E-state index contributed by atoms with van der Waals surface area (Å²) in [5.41, 5.74) is 1.42. The molecule has 1 N–H and O–H groups in total. The summed E-state index contributed by atoms with van der Waals surface area (Å²) in [5.74, 6) is -0.293. The van der Waals surface area contributed by atoms with E-state index in [0.29, 0.717) is 18.7 Å². The van der Waals surface area contributed by atoms with Gasteiger partial charge in [-0.3, -0.25) is 0 Å². The summed E-state index contributed by atoms with van der Waals surface area (Å²) in [6.45, 7) is 1.01. The molecule has 0 saturated heterocycles. The standard InChI is InChI=1S/C11H11F2N/c12-9-3-1-8(2-4-9)10-5-6-14-7-11(10)13/h1-5,11,14H,6-7H2. The van der Waals surface area contributed by atoms with E-state index in [1.54, 1.807) is 18.2 Å². The molecule has 0 saturated carbocycles. The van der Waals surface area contributed by atoms with Gasteiger partial charge in [0, 0.05) is 13.1 Å². The van der Waals surface area contributed by atoms with Gasteiger partial charge >= 0.3 is 0 Å². The number of halogens is 2. The molecular weight excluding hydrogens is 184 g/mol. The minimum Gasteiger partial charge on any atom is -0.310 e. The first-order valence-electron chi connectivity index (χ1n) is 4.58. The highest BCUT2D eigenvalue weighted by molar-refractivity contribution is 5.69. The van der Waals surface area contributed by atoms with Gasteiger partial charge in [-0.25, -0.2) is 8.78 Å². The lowest BCUT2D eigenvalue weighted by atomic mass is 9.99. The highest BCUT2D eigenvalue weighted by Crippen LogP contribution is 2.22. The maximum atomic E-state index is 13.4. The lowest BCUT2D eigenvalue weighted by Crippen LogP contribution is -2.29. The van der Waals surface area contributed by atoms with Crippen molar-refractivity contribution in [2.45, 2.75) is 6.17 Å². The molecule has 1 heterocycles. The van der Waals surface area contributed by atoms with E-state index in [1.807, 2.05) is 0 Å². The van der Waals surface area contributed by atoms with Gasteiger partial charge in [-0.2, -0.15) is 0 Å². The summed E-state index contributed by atoms with van der Waals surface area (Å²) in [5, 5.41) is 2.92. The molecule has 0 radical (unpaired) electrons. The fraction of sp³-hybridized carbons (Fsp3) is 0.273.